The minimum atomic E-state index is -0.0331. The average Bonchev–Trinajstić information content (AvgIpc) is 3.24. The SMILES string of the molecule is COc1ccc(C(=O)N2CCN(C(=O)NCCC[C@H]3CCOC3)CC2)cc1. The van der Waals surface area contributed by atoms with Crippen LogP contribution in [0.2, 0.25) is 0 Å². The second-order valence-electron chi connectivity index (χ2n) is 7.11. The van der Waals surface area contributed by atoms with Crippen LogP contribution in [0.3, 0.4) is 0 Å². The normalized spacial score (nSPS) is 19.8. The maximum absolute atomic E-state index is 12.6. The van der Waals surface area contributed by atoms with E-state index in [-0.39, 0.29) is 11.9 Å². The van der Waals surface area contributed by atoms with Crippen LogP contribution in [0.5, 0.6) is 5.75 Å². The van der Waals surface area contributed by atoms with E-state index in [1.165, 1.54) is 0 Å². The van der Waals surface area contributed by atoms with E-state index < -0.39 is 0 Å². The summed E-state index contributed by atoms with van der Waals surface area (Å²) in [6, 6.07) is 7.09. The van der Waals surface area contributed by atoms with Gasteiger partial charge in [-0.15, -0.1) is 0 Å². The molecule has 2 heterocycles. The summed E-state index contributed by atoms with van der Waals surface area (Å²) in [5.41, 5.74) is 0.643. The second kappa shape index (κ2) is 9.60. The number of ether oxygens (including phenoxy) is 2. The van der Waals surface area contributed by atoms with Gasteiger partial charge >= 0.3 is 6.03 Å². The molecule has 148 valence electrons. The van der Waals surface area contributed by atoms with Gasteiger partial charge in [-0.3, -0.25) is 4.79 Å². The molecule has 2 fully saturated rings. The van der Waals surface area contributed by atoms with Gasteiger partial charge in [-0.25, -0.2) is 4.79 Å². The van der Waals surface area contributed by atoms with Crippen molar-refractivity contribution < 1.29 is 19.1 Å². The predicted octanol–water partition coefficient (Wildman–Crippen LogP) is 1.98. The van der Waals surface area contributed by atoms with Crippen molar-refractivity contribution in [3.8, 4) is 5.75 Å². The van der Waals surface area contributed by atoms with Crippen molar-refractivity contribution >= 4 is 11.9 Å². The van der Waals surface area contributed by atoms with Crippen LogP contribution in [0, 0.1) is 5.92 Å². The number of hydrogen-bond acceptors (Lipinski definition) is 4. The summed E-state index contributed by atoms with van der Waals surface area (Å²) in [6.07, 6.45) is 3.22. The van der Waals surface area contributed by atoms with E-state index in [4.69, 9.17) is 9.47 Å². The number of benzene rings is 1. The number of urea groups is 1. The van der Waals surface area contributed by atoms with E-state index in [1.54, 1.807) is 41.2 Å². The zero-order chi connectivity index (χ0) is 19.1. The number of hydrogen-bond donors (Lipinski definition) is 1. The van der Waals surface area contributed by atoms with Crippen LogP contribution in [0.4, 0.5) is 4.79 Å². The van der Waals surface area contributed by atoms with E-state index in [0.29, 0.717) is 44.2 Å². The number of carbonyl (C=O) groups is 2. The highest BCUT2D eigenvalue weighted by Crippen LogP contribution is 2.17. The Bertz CT molecular complexity index is 621. The van der Waals surface area contributed by atoms with Crippen LogP contribution in [-0.4, -0.2) is 74.8 Å². The molecule has 2 saturated heterocycles. The second-order valence-corrected chi connectivity index (χ2v) is 7.11. The average molecular weight is 375 g/mol. The summed E-state index contributed by atoms with van der Waals surface area (Å²) < 4.78 is 10.5. The minimum Gasteiger partial charge on any atom is -0.497 e. The molecule has 0 radical (unpaired) electrons. The van der Waals surface area contributed by atoms with Gasteiger partial charge in [0.05, 0.1) is 7.11 Å². The smallest absolute Gasteiger partial charge is 0.317 e. The molecule has 0 aliphatic carbocycles. The van der Waals surface area contributed by atoms with Crippen molar-refractivity contribution in [1.82, 2.24) is 15.1 Å². The van der Waals surface area contributed by atoms with Gasteiger partial charge < -0.3 is 24.6 Å². The molecule has 1 aromatic rings. The van der Waals surface area contributed by atoms with E-state index in [2.05, 4.69) is 5.32 Å². The summed E-state index contributed by atoms with van der Waals surface area (Å²) in [5, 5.41) is 2.99. The summed E-state index contributed by atoms with van der Waals surface area (Å²) >= 11 is 0. The molecule has 1 aromatic carbocycles. The Morgan fingerprint density at radius 2 is 1.85 bits per heavy atom. The fourth-order valence-electron chi connectivity index (χ4n) is 3.54. The Hall–Kier alpha value is -2.28. The molecule has 7 heteroatoms. The largest absolute Gasteiger partial charge is 0.497 e. The Balaban J connectivity index is 1.37. The maximum Gasteiger partial charge on any atom is 0.317 e. The predicted molar refractivity (Wildman–Crippen MR) is 102 cm³/mol. The molecule has 0 aromatic heterocycles. The first-order chi connectivity index (χ1) is 13.2. The van der Waals surface area contributed by atoms with E-state index in [0.717, 1.165) is 38.2 Å². The molecule has 0 unspecified atom stereocenters. The van der Waals surface area contributed by atoms with Crippen LogP contribution < -0.4 is 10.1 Å². The minimum absolute atomic E-state index is 0.00325. The number of amides is 3. The van der Waals surface area contributed by atoms with Crippen molar-refractivity contribution in [2.24, 2.45) is 5.92 Å². The van der Waals surface area contributed by atoms with Gasteiger partial charge in [0.2, 0.25) is 0 Å². The van der Waals surface area contributed by atoms with Gasteiger partial charge in [-0.2, -0.15) is 0 Å². The van der Waals surface area contributed by atoms with Crippen molar-refractivity contribution in [3.05, 3.63) is 29.8 Å². The molecule has 0 bridgehead atoms. The summed E-state index contributed by atoms with van der Waals surface area (Å²) in [4.78, 5) is 28.4. The van der Waals surface area contributed by atoms with E-state index >= 15 is 0 Å². The first-order valence-corrected chi connectivity index (χ1v) is 9.71. The van der Waals surface area contributed by atoms with Crippen LogP contribution >= 0.6 is 0 Å². The highest BCUT2D eigenvalue weighted by Gasteiger charge is 2.24. The Morgan fingerprint density at radius 3 is 2.48 bits per heavy atom. The molecule has 3 rings (SSSR count). The van der Waals surface area contributed by atoms with Crippen LogP contribution in [0.1, 0.15) is 29.6 Å². The molecule has 2 aliphatic rings. The molecule has 0 spiro atoms. The van der Waals surface area contributed by atoms with Gasteiger partial charge in [-0.1, -0.05) is 0 Å². The fraction of sp³-hybridized carbons (Fsp3) is 0.600. The quantitative estimate of drug-likeness (QED) is 0.772. The van der Waals surface area contributed by atoms with Crippen LogP contribution in [-0.2, 0) is 4.74 Å². The number of nitrogens with one attached hydrogen (secondary N) is 1. The van der Waals surface area contributed by atoms with Crippen molar-refractivity contribution in [1.29, 1.82) is 0 Å². The first kappa shape index (κ1) is 19.5. The highest BCUT2D eigenvalue weighted by atomic mass is 16.5. The van der Waals surface area contributed by atoms with Gasteiger partial charge in [0, 0.05) is 51.5 Å². The number of piperazine rings is 1. The van der Waals surface area contributed by atoms with Gasteiger partial charge in [0.1, 0.15) is 5.75 Å². The summed E-state index contributed by atoms with van der Waals surface area (Å²) in [7, 11) is 1.60. The van der Waals surface area contributed by atoms with Crippen molar-refractivity contribution in [2.45, 2.75) is 19.3 Å². The molecule has 2 aliphatic heterocycles. The summed E-state index contributed by atoms with van der Waals surface area (Å²) in [6.45, 7) is 4.65. The molecule has 1 atom stereocenters. The van der Waals surface area contributed by atoms with Crippen molar-refractivity contribution in [3.63, 3.8) is 0 Å². The molecule has 1 N–H and O–H groups in total. The monoisotopic (exact) mass is 375 g/mol. The Labute approximate surface area is 160 Å². The van der Waals surface area contributed by atoms with Gasteiger partial charge in [-0.05, 0) is 49.4 Å². The lowest BCUT2D eigenvalue weighted by Gasteiger charge is -2.34. The molecule has 3 amide bonds. The van der Waals surface area contributed by atoms with E-state index in [9.17, 15) is 9.59 Å². The third kappa shape index (κ3) is 5.35. The van der Waals surface area contributed by atoms with E-state index in [1.807, 2.05) is 0 Å². The molecular formula is C20H29N3O4. The summed E-state index contributed by atoms with van der Waals surface area (Å²) in [5.74, 6) is 1.37. The van der Waals surface area contributed by atoms with Crippen LogP contribution in [0.15, 0.2) is 24.3 Å². The standard InChI is InChI=1S/C20H29N3O4/c1-26-18-6-4-17(5-7-18)19(24)22-10-12-23(13-11-22)20(25)21-9-2-3-16-8-14-27-15-16/h4-7,16H,2-3,8-15H2,1H3,(H,21,25)/t16-/m0/s1. The number of carbonyl (C=O) groups excluding carboxylic acids is 2. The molecular weight excluding hydrogens is 346 g/mol. The molecule has 7 nitrogen and oxygen atoms in total. The first-order valence-electron chi connectivity index (χ1n) is 9.71. The lowest BCUT2D eigenvalue weighted by Crippen LogP contribution is -2.53. The Kier molecular flexibility index (Phi) is 6.92. The molecule has 0 saturated carbocycles. The lowest BCUT2D eigenvalue weighted by atomic mass is 10.0. The number of nitrogens with zero attached hydrogens (tertiary/aromatic N) is 2. The lowest BCUT2D eigenvalue weighted by molar-refractivity contribution is 0.0665. The third-order valence-electron chi connectivity index (χ3n) is 5.28. The Morgan fingerprint density at radius 1 is 1.15 bits per heavy atom. The van der Waals surface area contributed by atoms with Gasteiger partial charge in [0.25, 0.3) is 5.91 Å². The van der Waals surface area contributed by atoms with Crippen LogP contribution in [0.25, 0.3) is 0 Å². The molecule has 27 heavy (non-hydrogen) atoms. The zero-order valence-corrected chi connectivity index (χ0v) is 16.0. The highest BCUT2D eigenvalue weighted by molar-refractivity contribution is 5.94. The van der Waals surface area contributed by atoms with Gasteiger partial charge in [0.15, 0.2) is 0 Å². The topological polar surface area (TPSA) is 71.1 Å². The third-order valence-corrected chi connectivity index (χ3v) is 5.28. The maximum atomic E-state index is 12.6. The number of rotatable bonds is 6. The fourth-order valence-corrected chi connectivity index (χ4v) is 3.54. The van der Waals surface area contributed by atoms with Crippen molar-refractivity contribution in [2.75, 3.05) is 53.0 Å². The number of methoxy groups -OCH3 is 1. The zero-order valence-electron chi connectivity index (χ0n) is 16.0.